The molecule has 7 heteroatoms. The first-order valence-corrected chi connectivity index (χ1v) is 10.3. The topological polar surface area (TPSA) is 67.4 Å². The second-order valence-corrected chi connectivity index (χ2v) is 7.75. The average Bonchev–Trinajstić information content (AvgIpc) is 2.70. The first-order valence-electron chi connectivity index (χ1n) is 10.3. The Morgan fingerprint density at radius 2 is 2.00 bits per heavy atom. The van der Waals surface area contributed by atoms with Gasteiger partial charge >= 0.3 is 0 Å². The van der Waals surface area contributed by atoms with E-state index in [0.29, 0.717) is 19.1 Å². The van der Waals surface area contributed by atoms with Crippen LogP contribution in [0.1, 0.15) is 19.4 Å². The van der Waals surface area contributed by atoms with Gasteiger partial charge in [0.25, 0.3) is 0 Å². The summed E-state index contributed by atoms with van der Waals surface area (Å²) in [5, 5.41) is 6.77. The molecule has 2 N–H and O–H groups in total. The van der Waals surface area contributed by atoms with Gasteiger partial charge in [-0.1, -0.05) is 19.9 Å². The van der Waals surface area contributed by atoms with Gasteiger partial charge in [-0.15, -0.1) is 0 Å². The maximum absolute atomic E-state index is 5.90. The van der Waals surface area contributed by atoms with Crippen LogP contribution in [-0.2, 0) is 11.2 Å². The fraction of sp³-hybridized carbons (Fsp3) is 0.667. The van der Waals surface area contributed by atoms with Crippen LogP contribution in [0.25, 0.3) is 0 Å². The monoisotopic (exact) mass is 390 g/mol. The minimum absolute atomic E-state index is 0.198. The van der Waals surface area contributed by atoms with E-state index >= 15 is 0 Å². The van der Waals surface area contributed by atoms with Gasteiger partial charge in [-0.3, -0.25) is 9.89 Å². The maximum Gasteiger partial charge on any atom is 0.191 e. The van der Waals surface area contributed by atoms with Gasteiger partial charge < -0.3 is 24.8 Å². The summed E-state index contributed by atoms with van der Waals surface area (Å²) >= 11 is 0. The van der Waals surface area contributed by atoms with E-state index in [4.69, 9.17) is 14.2 Å². The number of benzene rings is 1. The lowest BCUT2D eigenvalue weighted by Gasteiger charge is -2.34. The summed E-state index contributed by atoms with van der Waals surface area (Å²) in [5.74, 6) is 3.16. The molecule has 0 aromatic heterocycles. The Balaban J connectivity index is 1.39. The van der Waals surface area contributed by atoms with E-state index in [9.17, 15) is 0 Å². The molecule has 0 aliphatic carbocycles. The number of fused-ring (bicyclic) bond motifs is 1. The van der Waals surface area contributed by atoms with Crippen LogP contribution < -0.4 is 20.1 Å². The molecule has 7 nitrogen and oxygen atoms in total. The molecule has 0 radical (unpaired) electrons. The van der Waals surface area contributed by atoms with Crippen molar-refractivity contribution in [3.05, 3.63) is 23.8 Å². The Kier molecular flexibility index (Phi) is 7.80. The van der Waals surface area contributed by atoms with Crippen LogP contribution in [0.3, 0.4) is 0 Å². The van der Waals surface area contributed by atoms with Gasteiger partial charge in [0.15, 0.2) is 17.5 Å². The third-order valence-corrected chi connectivity index (χ3v) is 4.88. The third kappa shape index (κ3) is 6.27. The van der Waals surface area contributed by atoms with Gasteiger partial charge in [-0.25, -0.2) is 0 Å². The van der Waals surface area contributed by atoms with Gasteiger partial charge in [-0.05, 0) is 30.0 Å². The summed E-state index contributed by atoms with van der Waals surface area (Å²) in [6, 6.07) is 6.14. The molecular formula is C21H34N4O3. The number of ether oxygens (including phenoxy) is 3. The van der Waals surface area contributed by atoms with Gasteiger partial charge in [0.1, 0.15) is 13.2 Å². The molecule has 0 spiro atoms. The van der Waals surface area contributed by atoms with Crippen molar-refractivity contribution < 1.29 is 14.2 Å². The summed E-state index contributed by atoms with van der Waals surface area (Å²) in [4.78, 5) is 6.81. The highest BCUT2D eigenvalue weighted by molar-refractivity contribution is 5.79. The maximum atomic E-state index is 5.90. The van der Waals surface area contributed by atoms with Gasteiger partial charge in [0.05, 0.1) is 12.7 Å². The van der Waals surface area contributed by atoms with Crippen molar-refractivity contribution in [2.24, 2.45) is 10.9 Å². The van der Waals surface area contributed by atoms with E-state index in [-0.39, 0.29) is 6.10 Å². The Hall–Kier alpha value is -1.99. The van der Waals surface area contributed by atoms with Crippen LogP contribution in [0.5, 0.6) is 11.5 Å². The zero-order valence-corrected chi connectivity index (χ0v) is 17.4. The van der Waals surface area contributed by atoms with Crippen LogP contribution in [0.15, 0.2) is 23.2 Å². The summed E-state index contributed by atoms with van der Waals surface area (Å²) in [7, 11) is 1.80. The number of guanidine groups is 1. The van der Waals surface area contributed by atoms with Gasteiger partial charge in [-0.2, -0.15) is 0 Å². The molecule has 0 saturated carbocycles. The molecule has 2 heterocycles. The van der Waals surface area contributed by atoms with Crippen molar-refractivity contribution in [2.75, 3.05) is 59.6 Å². The van der Waals surface area contributed by atoms with Crippen LogP contribution >= 0.6 is 0 Å². The lowest BCUT2D eigenvalue weighted by Crippen LogP contribution is -2.50. The molecule has 2 aliphatic rings. The average molecular weight is 391 g/mol. The first-order chi connectivity index (χ1) is 13.6. The van der Waals surface area contributed by atoms with E-state index in [1.165, 1.54) is 5.56 Å². The normalized spacial score (nSPS) is 20.3. The van der Waals surface area contributed by atoms with Crippen molar-refractivity contribution in [3.8, 4) is 11.5 Å². The summed E-state index contributed by atoms with van der Waals surface area (Å²) in [6.07, 6.45) is 1.09. The van der Waals surface area contributed by atoms with Gasteiger partial charge in [0.2, 0.25) is 0 Å². The Labute approximate surface area is 168 Å². The predicted octanol–water partition coefficient (Wildman–Crippen LogP) is 1.52. The summed E-state index contributed by atoms with van der Waals surface area (Å²) in [6.45, 7) is 11.2. The number of nitrogens with one attached hydrogen (secondary N) is 2. The molecular weight excluding hydrogens is 356 g/mol. The van der Waals surface area contributed by atoms with Crippen molar-refractivity contribution in [1.29, 1.82) is 0 Å². The van der Waals surface area contributed by atoms with Crippen molar-refractivity contribution in [2.45, 2.75) is 26.4 Å². The number of aliphatic imine (C=N–C) groups is 1. The molecule has 28 heavy (non-hydrogen) atoms. The minimum atomic E-state index is 0.198. The molecule has 156 valence electrons. The third-order valence-electron chi connectivity index (χ3n) is 4.88. The smallest absolute Gasteiger partial charge is 0.191 e. The standard InChI is InChI=1S/C21H34N4O3/c1-16(2)14-25-8-9-26-18(15-25)13-24-21(22-3)23-7-6-17-4-5-19-20(12-17)28-11-10-27-19/h4-5,12,16,18H,6-11,13-15H2,1-3H3,(H2,22,23,24). The number of nitrogens with zero attached hydrogens (tertiary/aromatic N) is 2. The Morgan fingerprint density at radius 3 is 2.79 bits per heavy atom. The van der Waals surface area contributed by atoms with Gasteiger partial charge in [0, 0.05) is 39.8 Å². The highest BCUT2D eigenvalue weighted by Gasteiger charge is 2.21. The highest BCUT2D eigenvalue weighted by Crippen LogP contribution is 2.30. The number of rotatable bonds is 7. The van der Waals surface area contributed by atoms with Crippen molar-refractivity contribution in [3.63, 3.8) is 0 Å². The Morgan fingerprint density at radius 1 is 1.18 bits per heavy atom. The quantitative estimate of drug-likeness (QED) is 0.544. The van der Waals surface area contributed by atoms with E-state index in [2.05, 4.69) is 46.5 Å². The molecule has 1 fully saturated rings. The van der Waals surface area contributed by atoms with E-state index < -0.39 is 0 Å². The lowest BCUT2D eigenvalue weighted by molar-refractivity contribution is -0.0284. The van der Waals surface area contributed by atoms with Crippen LogP contribution in [0, 0.1) is 5.92 Å². The van der Waals surface area contributed by atoms with Crippen LogP contribution in [0.2, 0.25) is 0 Å². The largest absolute Gasteiger partial charge is 0.486 e. The SMILES string of the molecule is CN=C(NCCc1ccc2c(c1)OCCO2)NCC1CN(CC(C)C)CCO1. The highest BCUT2D eigenvalue weighted by atomic mass is 16.6. The molecule has 1 atom stereocenters. The van der Waals surface area contributed by atoms with E-state index in [1.54, 1.807) is 7.05 Å². The fourth-order valence-corrected chi connectivity index (χ4v) is 3.59. The number of hydrogen-bond acceptors (Lipinski definition) is 5. The number of morpholine rings is 1. The second kappa shape index (κ2) is 10.5. The molecule has 1 aromatic carbocycles. The lowest BCUT2D eigenvalue weighted by atomic mass is 10.1. The summed E-state index contributed by atoms with van der Waals surface area (Å²) in [5.41, 5.74) is 1.21. The minimum Gasteiger partial charge on any atom is -0.486 e. The van der Waals surface area contributed by atoms with Crippen molar-refractivity contribution in [1.82, 2.24) is 15.5 Å². The summed E-state index contributed by atoms with van der Waals surface area (Å²) < 4.78 is 17.1. The molecule has 1 unspecified atom stereocenters. The Bertz CT molecular complexity index is 651. The van der Waals surface area contributed by atoms with Crippen molar-refractivity contribution >= 4 is 5.96 Å². The zero-order chi connectivity index (χ0) is 19.8. The molecule has 3 rings (SSSR count). The van der Waals surface area contributed by atoms with E-state index in [1.807, 2.05) is 6.07 Å². The predicted molar refractivity (Wildman–Crippen MR) is 112 cm³/mol. The van der Waals surface area contributed by atoms with Crippen LogP contribution in [0.4, 0.5) is 0 Å². The molecule has 0 amide bonds. The molecule has 2 aliphatic heterocycles. The van der Waals surface area contributed by atoms with E-state index in [0.717, 1.165) is 63.2 Å². The molecule has 1 aromatic rings. The zero-order valence-electron chi connectivity index (χ0n) is 17.4. The fourth-order valence-electron chi connectivity index (χ4n) is 3.59. The first kappa shape index (κ1) is 20.7. The molecule has 0 bridgehead atoms. The van der Waals surface area contributed by atoms with Crippen LogP contribution in [-0.4, -0.2) is 76.6 Å². The molecule has 1 saturated heterocycles. The second-order valence-electron chi connectivity index (χ2n) is 7.75. The number of hydrogen-bond donors (Lipinski definition) is 2.